The summed E-state index contributed by atoms with van der Waals surface area (Å²) in [5.74, 6) is 1.86. The molecular weight excluding hydrogens is 288 g/mol. The van der Waals surface area contributed by atoms with Gasteiger partial charge in [-0.15, -0.1) is 0 Å². The summed E-state index contributed by atoms with van der Waals surface area (Å²) in [4.78, 5) is 16.8. The molecule has 0 unspecified atom stereocenters. The first-order valence-electron chi connectivity index (χ1n) is 7.77. The molecule has 0 amide bonds. The van der Waals surface area contributed by atoms with Crippen LogP contribution in [0.25, 0.3) is 0 Å². The number of carbonyl (C=O) groups is 1. The van der Waals surface area contributed by atoms with Crippen LogP contribution in [0.1, 0.15) is 16.7 Å². The van der Waals surface area contributed by atoms with Crippen LogP contribution < -0.4 is 10.1 Å². The van der Waals surface area contributed by atoms with Crippen molar-refractivity contribution in [3.63, 3.8) is 0 Å². The van der Waals surface area contributed by atoms with Crippen molar-refractivity contribution in [3.8, 4) is 5.75 Å². The second-order valence-electron chi connectivity index (χ2n) is 5.56. The Kier molecular flexibility index (Phi) is 4.71. The summed E-state index contributed by atoms with van der Waals surface area (Å²) in [5.41, 5.74) is 2.99. The van der Waals surface area contributed by atoms with Crippen LogP contribution in [0.3, 0.4) is 0 Å². The Hall–Kier alpha value is -2.62. The van der Waals surface area contributed by atoms with Crippen LogP contribution in [-0.4, -0.2) is 31.8 Å². The summed E-state index contributed by atoms with van der Waals surface area (Å²) in [6, 6.07) is 15.7. The molecule has 0 aromatic heterocycles. The third kappa shape index (κ3) is 3.77. The third-order valence-corrected chi connectivity index (χ3v) is 3.86. The van der Waals surface area contributed by atoms with Gasteiger partial charge in [0.25, 0.3) is 0 Å². The van der Waals surface area contributed by atoms with Crippen LogP contribution in [-0.2, 0) is 17.6 Å². The minimum atomic E-state index is 0.174. The lowest BCUT2D eigenvalue weighted by Gasteiger charge is -2.08. The highest BCUT2D eigenvalue weighted by Gasteiger charge is 2.12. The fourth-order valence-corrected chi connectivity index (χ4v) is 2.77. The van der Waals surface area contributed by atoms with E-state index >= 15 is 0 Å². The maximum absolute atomic E-state index is 12.4. The van der Waals surface area contributed by atoms with Crippen molar-refractivity contribution in [3.05, 3.63) is 65.2 Å². The largest absolute Gasteiger partial charge is 0.496 e. The Balaban J connectivity index is 1.69. The third-order valence-electron chi connectivity index (χ3n) is 3.86. The molecule has 1 aliphatic heterocycles. The molecule has 0 saturated carbocycles. The number of nitrogens with one attached hydrogen (secondary N) is 1. The molecule has 2 aromatic carbocycles. The average Bonchev–Trinajstić information content (AvgIpc) is 3.10. The first kappa shape index (κ1) is 15.3. The molecule has 0 fully saturated rings. The van der Waals surface area contributed by atoms with Crippen LogP contribution in [0.5, 0.6) is 5.75 Å². The average molecular weight is 308 g/mol. The molecular formula is C19H20N2O2. The molecule has 0 spiro atoms. The van der Waals surface area contributed by atoms with Crippen molar-refractivity contribution in [1.29, 1.82) is 0 Å². The Morgan fingerprint density at radius 3 is 2.83 bits per heavy atom. The molecule has 2 aromatic rings. The number of rotatable bonds is 6. The van der Waals surface area contributed by atoms with Gasteiger partial charge >= 0.3 is 0 Å². The zero-order valence-corrected chi connectivity index (χ0v) is 13.2. The second-order valence-corrected chi connectivity index (χ2v) is 5.56. The quantitative estimate of drug-likeness (QED) is 0.891. The lowest BCUT2D eigenvalue weighted by atomic mass is 10.0. The van der Waals surface area contributed by atoms with E-state index in [9.17, 15) is 4.79 Å². The monoisotopic (exact) mass is 308 g/mol. The van der Waals surface area contributed by atoms with E-state index in [2.05, 4.69) is 10.3 Å². The fraction of sp³-hybridized carbons (Fsp3) is 0.263. The first-order chi connectivity index (χ1) is 11.3. The highest BCUT2D eigenvalue weighted by molar-refractivity contribution is 6.00. The number of carbonyl (C=O) groups excluding carboxylic acids is 1. The lowest BCUT2D eigenvalue weighted by molar-refractivity contribution is -0.117. The SMILES string of the molecule is COc1ccccc1CC(=O)Cc1cccc(C2=NCCN2)c1. The number of amidine groups is 1. The normalized spacial score (nSPS) is 13.3. The van der Waals surface area contributed by atoms with Crippen molar-refractivity contribution in [1.82, 2.24) is 5.32 Å². The van der Waals surface area contributed by atoms with E-state index in [4.69, 9.17) is 4.74 Å². The number of Topliss-reactive ketones (excluding diaryl/α,β-unsaturated/α-hetero) is 1. The predicted octanol–water partition coefficient (Wildman–Crippen LogP) is 2.40. The maximum Gasteiger partial charge on any atom is 0.141 e. The molecule has 0 bridgehead atoms. The van der Waals surface area contributed by atoms with E-state index in [1.165, 1.54) is 0 Å². The van der Waals surface area contributed by atoms with Crippen molar-refractivity contribution < 1.29 is 9.53 Å². The van der Waals surface area contributed by atoms with E-state index in [0.29, 0.717) is 12.8 Å². The van der Waals surface area contributed by atoms with Crippen LogP contribution in [0, 0.1) is 0 Å². The standard InChI is InChI=1S/C19H20N2O2/c1-23-18-8-3-2-6-15(18)13-17(22)12-14-5-4-7-16(11-14)19-20-9-10-21-19/h2-8,11H,9-10,12-13H2,1H3,(H,20,21). The number of nitrogens with zero attached hydrogens (tertiary/aromatic N) is 1. The summed E-state index contributed by atoms with van der Waals surface area (Å²) in [6.07, 6.45) is 0.798. The predicted molar refractivity (Wildman–Crippen MR) is 91.3 cm³/mol. The first-order valence-corrected chi connectivity index (χ1v) is 7.77. The zero-order valence-electron chi connectivity index (χ0n) is 13.2. The molecule has 4 heteroatoms. The number of aliphatic imine (C=N–C) groups is 1. The van der Waals surface area contributed by atoms with E-state index in [-0.39, 0.29) is 5.78 Å². The van der Waals surface area contributed by atoms with Gasteiger partial charge in [0.15, 0.2) is 0 Å². The zero-order chi connectivity index (χ0) is 16.1. The molecule has 3 rings (SSSR count). The van der Waals surface area contributed by atoms with Gasteiger partial charge in [0.1, 0.15) is 17.4 Å². The second kappa shape index (κ2) is 7.09. The van der Waals surface area contributed by atoms with Gasteiger partial charge in [0, 0.05) is 30.5 Å². The van der Waals surface area contributed by atoms with Gasteiger partial charge < -0.3 is 10.1 Å². The number of ketones is 1. The minimum absolute atomic E-state index is 0.174. The smallest absolute Gasteiger partial charge is 0.141 e. The molecule has 0 aliphatic carbocycles. The number of benzene rings is 2. The van der Waals surface area contributed by atoms with Crippen molar-refractivity contribution >= 4 is 11.6 Å². The number of hydrogen-bond donors (Lipinski definition) is 1. The van der Waals surface area contributed by atoms with Crippen LogP contribution >= 0.6 is 0 Å². The molecule has 118 valence electrons. The van der Waals surface area contributed by atoms with Gasteiger partial charge in [0.05, 0.1) is 13.7 Å². The van der Waals surface area contributed by atoms with Crippen LogP contribution in [0.15, 0.2) is 53.5 Å². The topological polar surface area (TPSA) is 50.7 Å². The number of para-hydroxylation sites is 1. The van der Waals surface area contributed by atoms with E-state index in [1.807, 2.05) is 48.5 Å². The van der Waals surface area contributed by atoms with Crippen molar-refractivity contribution in [2.24, 2.45) is 4.99 Å². The summed E-state index contributed by atoms with van der Waals surface area (Å²) in [7, 11) is 1.63. The van der Waals surface area contributed by atoms with Crippen molar-refractivity contribution in [2.75, 3.05) is 20.2 Å². The Bertz CT molecular complexity index is 738. The Morgan fingerprint density at radius 1 is 1.17 bits per heavy atom. The molecule has 1 heterocycles. The van der Waals surface area contributed by atoms with Gasteiger partial charge in [-0.2, -0.15) is 0 Å². The molecule has 4 nitrogen and oxygen atoms in total. The van der Waals surface area contributed by atoms with Crippen LogP contribution in [0.4, 0.5) is 0 Å². The van der Waals surface area contributed by atoms with Gasteiger partial charge in [-0.25, -0.2) is 0 Å². The highest BCUT2D eigenvalue weighted by Crippen LogP contribution is 2.19. The maximum atomic E-state index is 12.4. The summed E-state index contributed by atoms with van der Waals surface area (Å²) >= 11 is 0. The Morgan fingerprint density at radius 2 is 2.04 bits per heavy atom. The van der Waals surface area contributed by atoms with Gasteiger partial charge in [-0.3, -0.25) is 9.79 Å². The molecule has 0 atom stereocenters. The van der Waals surface area contributed by atoms with E-state index < -0.39 is 0 Å². The minimum Gasteiger partial charge on any atom is -0.496 e. The van der Waals surface area contributed by atoms with Gasteiger partial charge in [-0.05, 0) is 17.7 Å². The Labute approximate surface area is 136 Å². The molecule has 23 heavy (non-hydrogen) atoms. The van der Waals surface area contributed by atoms with E-state index in [0.717, 1.165) is 41.4 Å². The van der Waals surface area contributed by atoms with Crippen molar-refractivity contribution in [2.45, 2.75) is 12.8 Å². The molecule has 0 radical (unpaired) electrons. The summed E-state index contributed by atoms with van der Waals surface area (Å²) in [5, 5.41) is 3.26. The van der Waals surface area contributed by atoms with Crippen LogP contribution in [0.2, 0.25) is 0 Å². The fourth-order valence-electron chi connectivity index (χ4n) is 2.77. The number of ether oxygens (including phenoxy) is 1. The number of hydrogen-bond acceptors (Lipinski definition) is 4. The molecule has 1 N–H and O–H groups in total. The van der Waals surface area contributed by atoms with Gasteiger partial charge in [0.2, 0.25) is 0 Å². The van der Waals surface area contributed by atoms with Gasteiger partial charge in [-0.1, -0.05) is 36.4 Å². The van der Waals surface area contributed by atoms with E-state index in [1.54, 1.807) is 7.11 Å². The summed E-state index contributed by atoms with van der Waals surface area (Å²) in [6.45, 7) is 1.69. The lowest BCUT2D eigenvalue weighted by Crippen LogP contribution is -2.19. The highest BCUT2D eigenvalue weighted by atomic mass is 16.5. The number of methoxy groups -OCH3 is 1. The molecule has 1 aliphatic rings. The summed E-state index contributed by atoms with van der Waals surface area (Å²) < 4.78 is 5.31. The molecule has 0 saturated heterocycles.